The number of carbonyl (C=O) groups is 1. The molecule has 1 aromatic rings. The SMILES string of the molecule is CC[C@@]1(c2cccc(S(=O)(=O)C(C)C)c2)C2=C(CC(C)(C)NC2=O)NC2N=NC(C(F)(F)F)=C21. The first-order valence-corrected chi connectivity index (χ1v) is 12.6. The van der Waals surface area contributed by atoms with Gasteiger partial charge in [0.2, 0.25) is 0 Å². The third kappa shape index (κ3) is 3.55. The predicted octanol–water partition coefficient (Wildman–Crippen LogP) is 4.28. The number of rotatable bonds is 4. The van der Waals surface area contributed by atoms with Crippen LogP contribution < -0.4 is 10.6 Å². The highest BCUT2D eigenvalue weighted by molar-refractivity contribution is 7.92. The lowest BCUT2D eigenvalue weighted by Gasteiger charge is -2.48. The van der Waals surface area contributed by atoms with Crippen molar-refractivity contribution >= 4 is 15.7 Å². The van der Waals surface area contributed by atoms with Crippen molar-refractivity contribution in [1.29, 1.82) is 0 Å². The molecule has 0 fully saturated rings. The number of hydrogen-bond acceptors (Lipinski definition) is 6. The Morgan fingerprint density at radius 2 is 1.91 bits per heavy atom. The van der Waals surface area contributed by atoms with Crippen LogP contribution in [0.2, 0.25) is 0 Å². The van der Waals surface area contributed by atoms with Crippen LogP contribution in [0.5, 0.6) is 0 Å². The fourth-order valence-corrected chi connectivity index (χ4v) is 6.24. The third-order valence-corrected chi connectivity index (χ3v) is 8.83. The largest absolute Gasteiger partial charge is 0.435 e. The lowest BCUT2D eigenvalue weighted by molar-refractivity contribution is -0.120. The van der Waals surface area contributed by atoms with E-state index in [2.05, 4.69) is 20.9 Å². The second kappa shape index (κ2) is 7.66. The van der Waals surface area contributed by atoms with Gasteiger partial charge >= 0.3 is 6.18 Å². The van der Waals surface area contributed by atoms with Gasteiger partial charge < -0.3 is 10.6 Å². The van der Waals surface area contributed by atoms with Crippen LogP contribution in [0.15, 0.2) is 61.9 Å². The maximum atomic E-state index is 14.1. The maximum absolute atomic E-state index is 14.1. The normalized spacial score (nSPS) is 26.4. The van der Waals surface area contributed by atoms with Gasteiger partial charge in [-0.25, -0.2) is 8.42 Å². The molecule has 34 heavy (non-hydrogen) atoms. The van der Waals surface area contributed by atoms with E-state index in [0.29, 0.717) is 12.1 Å². The van der Waals surface area contributed by atoms with Crippen LogP contribution in [0.1, 0.15) is 53.0 Å². The molecule has 0 aromatic heterocycles. The topological polar surface area (TPSA) is 100.0 Å². The summed E-state index contributed by atoms with van der Waals surface area (Å²) < 4.78 is 68.1. The molecule has 1 unspecified atom stereocenters. The standard InChI is InChI=1S/C23H27F3N4O3S/c1-6-22(13-8-7-9-14(10-13)34(32,33)12(2)3)16-15(11-21(4,5)28-20(16)31)27-19-17(22)18(29-30-19)23(24,25)26/h7-10,12,19,27H,6,11H2,1-5H3,(H,28,31)/t19?,22-/m1/s1. The van der Waals surface area contributed by atoms with Crippen molar-refractivity contribution in [3.05, 3.63) is 52.4 Å². The van der Waals surface area contributed by atoms with Crippen LogP contribution >= 0.6 is 0 Å². The molecule has 0 bridgehead atoms. The lowest BCUT2D eigenvalue weighted by atomic mass is 9.61. The van der Waals surface area contributed by atoms with E-state index in [9.17, 15) is 26.4 Å². The van der Waals surface area contributed by atoms with E-state index in [0.717, 1.165) is 0 Å². The molecule has 3 heterocycles. The summed E-state index contributed by atoms with van der Waals surface area (Å²) >= 11 is 0. The van der Waals surface area contributed by atoms with Gasteiger partial charge in [-0.2, -0.15) is 18.3 Å². The molecular formula is C23H27F3N4O3S. The number of halogens is 3. The summed E-state index contributed by atoms with van der Waals surface area (Å²) in [5, 5.41) is 12.5. The number of carbonyl (C=O) groups excluding carboxylic acids is 1. The molecule has 1 amide bonds. The molecular weight excluding hydrogens is 469 g/mol. The molecule has 11 heteroatoms. The predicted molar refractivity (Wildman–Crippen MR) is 119 cm³/mol. The van der Waals surface area contributed by atoms with Gasteiger partial charge in [0.25, 0.3) is 5.91 Å². The first-order chi connectivity index (χ1) is 15.6. The number of fused-ring (bicyclic) bond motifs is 1. The number of nitrogens with one attached hydrogen (secondary N) is 2. The monoisotopic (exact) mass is 496 g/mol. The number of sulfone groups is 1. The first kappa shape index (κ1) is 24.4. The van der Waals surface area contributed by atoms with E-state index >= 15 is 0 Å². The molecule has 184 valence electrons. The summed E-state index contributed by atoms with van der Waals surface area (Å²) in [6.07, 6.45) is -5.49. The molecule has 0 spiro atoms. The molecule has 1 aromatic carbocycles. The number of benzene rings is 1. The Morgan fingerprint density at radius 3 is 2.50 bits per heavy atom. The van der Waals surface area contributed by atoms with Crippen molar-refractivity contribution in [1.82, 2.24) is 10.6 Å². The highest BCUT2D eigenvalue weighted by atomic mass is 32.2. The molecule has 0 aliphatic carbocycles. The average Bonchev–Trinajstić information content (AvgIpc) is 3.16. The van der Waals surface area contributed by atoms with Crippen LogP contribution in [0.25, 0.3) is 0 Å². The highest BCUT2D eigenvalue weighted by Crippen LogP contribution is 2.54. The average molecular weight is 497 g/mol. The van der Waals surface area contributed by atoms with Crippen molar-refractivity contribution in [2.24, 2.45) is 10.2 Å². The van der Waals surface area contributed by atoms with Crippen LogP contribution in [0.4, 0.5) is 13.2 Å². The fraction of sp³-hybridized carbons (Fsp3) is 0.522. The summed E-state index contributed by atoms with van der Waals surface area (Å²) in [6, 6.07) is 5.88. The Bertz CT molecular complexity index is 1260. The van der Waals surface area contributed by atoms with E-state index in [1.165, 1.54) is 32.0 Å². The van der Waals surface area contributed by atoms with Gasteiger partial charge in [0, 0.05) is 23.2 Å². The molecule has 3 aliphatic heterocycles. The van der Waals surface area contributed by atoms with Crippen LogP contribution in [0, 0.1) is 0 Å². The minimum absolute atomic E-state index is 0.0114. The number of hydrogen-bond donors (Lipinski definition) is 2. The van der Waals surface area contributed by atoms with Gasteiger partial charge in [0.15, 0.2) is 21.7 Å². The third-order valence-electron chi connectivity index (χ3n) is 6.67. The fourth-order valence-electron chi connectivity index (χ4n) is 5.14. The van der Waals surface area contributed by atoms with Crippen LogP contribution in [-0.2, 0) is 20.0 Å². The van der Waals surface area contributed by atoms with Gasteiger partial charge in [-0.3, -0.25) is 4.79 Å². The Hall–Kier alpha value is -2.69. The Kier molecular flexibility index (Phi) is 5.50. The summed E-state index contributed by atoms with van der Waals surface area (Å²) in [4.78, 5) is 13.4. The smallest absolute Gasteiger partial charge is 0.362 e. The van der Waals surface area contributed by atoms with Gasteiger partial charge in [0.1, 0.15) is 0 Å². The second-order valence-corrected chi connectivity index (χ2v) is 12.3. The zero-order chi connectivity index (χ0) is 25.3. The quantitative estimate of drug-likeness (QED) is 0.650. The molecule has 0 radical (unpaired) electrons. The van der Waals surface area contributed by atoms with Gasteiger partial charge in [0.05, 0.1) is 21.1 Å². The van der Waals surface area contributed by atoms with E-state index in [-0.39, 0.29) is 28.0 Å². The molecule has 4 rings (SSSR count). The van der Waals surface area contributed by atoms with E-state index < -0.39 is 50.0 Å². The Labute approximate surface area is 196 Å². The van der Waals surface area contributed by atoms with Gasteiger partial charge in [-0.15, -0.1) is 5.11 Å². The number of allylic oxidation sites excluding steroid dienone is 1. The first-order valence-electron chi connectivity index (χ1n) is 11.0. The summed E-state index contributed by atoms with van der Waals surface area (Å²) in [6.45, 7) is 8.40. The summed E-state index contributed by atoms with van der Waals surface area (Å²) in [5.41, 5.74) is -2.62. The molecule has 0 saturated heterocycles. The summed E-state index contributed by atoms with van der Waals surface area (Å²) in [7, 11) is -3.72. The molecule has 2 N–H and O–H groups in total. The molecule has 2 atom stereocenters. The van der Waals surface area contributed by atoms with Crippen LogP contribution in [0.3, 0.4) is 0 Å². The Balaban J connectivity index is 2.09. The van der Waals surface area contributed by atoms with E-state index in [1.54, 1.807) is 13.0 Å². The summed E-state index contributed by atoms with van der Waals surface area (Å²) in [5.74, 6) is -0.503. The lowest BCUT2D eigenvalue weighted by Crippen LogP contribution is -2.58. The maximum Gasteiger partial charge on any atom is 0.435 e. The van der Waals surface area contributed by atoms with Gasteiger partial charge in [-0.1, -0.05) is 19.1 Å². The van der Waals surface area contributed by atoms with Gasteiger partial charge in [-0.05, 0) is 51.8 Å². The molecule has 0 saturated carbocycles. The van der Waals surface area contributed by atoms with Crippen molar-refractivity contribution in [2.75, 3.05) is 0 Å². The van der Waals surface area contributed by atoms with E-state index in [4.69, 9.17) is 0 Å². The van der Waals surface area contributed by atoms with Crippen LogP contribution in [-0.4, -0.2) is 37.5 Å². The second-order valence-electron chi connectivity index (χ2n) is 9.77. The van der Waals surface area contributed by atoms with E-state index in [1.807, 2.05) is 13.8 Å². The molecule has 7 nitrogen and oxygen atoms in total. The number of nitrogens with zero attached hydrogens (tertiary/aromatic N) is 2. The zero-order valence-electron chi connectivity index (χ0n) is 19.5. The van der Waals surface area contributed by atoms with Crippen molar-refractivity contribution in [3.8, 4) is 0 Å². The number of alkyl halides is 3. The van der Waals surface area contributed by atoms with Crippen molar-refractivity contribution in [3.63, 3.8) is 0 Å². The van der Waals surface area contributed by atoms with Crippen molar-refractivity contribution < 1.29 is 26.4 Å². The number of azo groups is 1. The highest BCUT2D eigenvalue weighted by Gasteiger charge is 2.58. The Morgan fingerprint density at radius 1 is 1.24 bits per heavy atom. The zero-order valence-corrected chi connectivity index (χ0v) is 20.4. The number of amides is 1. The molecule has 3 aliphatic rings. The van der Waals surface area contributed by atoms with Crippen molar-refractivity contribution in [2.45, 2.75) is 80.9 Å². The minimum Gasteiger partial charge on any atom is -0.362 e. The minimum atomic E-state index is -4.81.